The maximum atomic E-state index is 12.9. The smallest absolute Gasteiger partial charge is 0.271 e. The van der Waals surface area contributed by atoms with Crippen LogP contribution in [0.1, 0.15) is 28.0 Å². The Hall–Kier alpha value is -3.07. The SMILES string of the molecule is O=C(c1cc(-n2cnnn2)n[nH]1)N1CCCN(C2Cc3ccccc3C2)CC1. The normalized spacial score (nSPS) is 18.2. The average molecular weight is 378 g/mol. The zero-order valence-corrected chi connectivity index (χ0v) is 15.5. The van der Waals surface area contributed by atoms with Gasteiger partial charge in [0.25, 0.3) is 5.91 Å². The van der Waals surface area contributed by atoms with Crippen molar-refractivity contribution in [2.45, 2.75) is 25.3 Å². The van der Waals surface area contributed by atoms with E-state index in [0.29, 0.717) is 17.6 Å². The van der Waals surface area contributed by atoms with E-state index in [0.717, 1.165) is 45.4 Å². The fraction of sp³-hybridized carbons (Fsp3) is 0.421. The molecular weight excluding hydrogens is 356 g/mol. The van der Waals surface area contributed by atoms with Crippen molar-refractivity contribution in [2.75, 3.05) is 26.2 Å². The Labute approximate surface area is 162 Å². The second-order valence-electron chi connectivity index (χ2n) is 7.41. The highest BCUT2D eigenvalue weighted by Gasteiger charge is 2.29. The van der Waals surface area contributed by atoms with Gasteiger partial charge in [-0.2, -0.15) is 9.78 Å². The van der Waals surface area contributed by atoms with Crippen molar-refractivity contribution in [1.82, 2.24) is 40.2 Å². The van der Waals surface area contributed by atoms with Crippen molar-refractivity contribution in [3.8, 4) is 5.82 Å². The number of tetrazole rings is 1. The lowest BCUT2D eigenvalue weighted by atomic mass is 10.1. The van der Waals surface area contributed by atoms with Gasteiger partial charge in [-0.25, -0.2) is 0 Å². The average Bonchev–Trinajstić information content (AvgIpc) is 3.44. The van der Waals surface area contributed by atoms with Gasteiger partial charge in [0.15, 0.2) is 5.82 Å². The number of amides is 1. The second kappa shape index (κ2) is 7.16. The Kier molecular flexibility index (Phi) is 4.36. The van der Waals surface area contributed by atoms with E-state index >= 15 is 0 Å². The maximum absolute atomic E-state index is 12.9. The number of nitrogens with zero attached hydrogens (tertiary/aromatic N) is 7. The molecule has 1 aromatic carbocycles. The fourth-order valence-electron chi connectivity index (χ4n) is 4.27. The van der Waals surface area contributed by atoms with Gasteiger partial charge in [-0.3, -0.25) is 14.8 Å². The van der Waals surface area contributed by atoms with Gasteiger partial charge in [-0.1, -0.05) is 24.3 Å². The molecule has 1 amide bonds. The van der Waals surface area contributed by atoms with Crippen LogP contribution in [0, 0.1) is 0 Å². The van der Waals surface area contributed by atoms with Gasteiger partial charge in [0, 0.05) is 38.3 Å². The number of benzene rings is 1. The molecule has 0 spiro atoms. The van der Waals surface area contributed by atoms with E-state index in [1.54, 1.807) is 6.07 Å². The molecule has 1 aliphatic heterocycles. The third kappa shape index (κ3) is 3.18. The molecule has 144 valence electrons. The second-order valence-corrected chi connectivity index (χ2v) is 7.41. The lowest BCUT2D eigenvalue weighted by molar-refractivity contribution is 0.0752. The largest absolute Gasteiger partial charge is 0.336 e. The van der Waals surface area contributed by atoms with Gasteiger partial charge >= 0.3 is 0 Å². The van der Waals surface area contributed by atoms with Crippen molar-refractivity contribution < 1.29 is 4.79 Å². The molecule has 0 atom stereocenters. The summed E-state index contributed by atoms with van der Waals surface area (Å²) in [5, 5.41) is 17.9. The van der Waals surface area contributed by atoms with Crippen LogP contribution in [-0.2, 0) is 12.8 Å². The number of nitrogens with one attached hydrogen (secondary N) is 1. The number of aromatic nitrogens is 6. The summed E-state index contributed by atoms with van der Waals surface area (Å²) in [6.07, 6.45) is 4.65. The Balaban J connectivity index is 1.23. The predicted octanol–water partition coefficient (Wildman–Crippen LogP) is 0.701. The highest BCUT2D eigenvalue weighted by molar-refractivity contribution is 5.92. The minimum Gasteiger partial charge on any atom is -0.336 e. The van der Waals surface area contributed by atoms with Crippen molar-refractivity contribution in [2.24, 2.45) is 0 Å². The van der Waals surface area contributed by atoms with Crippen LogP contribution < -0.4 is 0 Å². The van der Waals surface area contributed by atoms with Crippen molar-refractivity contribution in [3.63, 3.8) is 0 Å². The molecule has 1 aliphatic carbocycles. The molecule has 2 aromatic heterocycles. The molecule has 1 saturated heterocycles. The number of aromatic amines is 1. The van der Waals surface area contributed by atoms with E-state index in [-0.39, 0.29) is 5.91 Å². The van der Waals surface area contributed by atoms with E-state index in [2.05, 4.69) is 54.9 Å². The first-order chi connectivity index (χ1) is 13.8. The van der Waals surface area contributed by atoms with Crippen LogP contribution in [0.5, 0.6) is 0 Å². The van der Waals surface area contributed by atoms with Gasteiger partial charge in [-0.15, -0.1) is 5.10 Å². The van der Waals surface area contributed by atoms with Crippen LogP contribution in [-0.4, -0.2) is 78.3 Å². The molecule has 5 rings (SSSR count). The minimum absolute atomic E-state index is 0.0246. The summed E-state index contributed by atoms with van der Waals surface area (Å²) in [5.74, 6) is 0.483. The standard InChI is InChI=1S/C19H22N8O/c28-19(17-12-18(22-21-17)27-13-20-23-24-27)26-7-3-6-25(8-9-26)16-10-14-4-1-2-5-15(14)11-16/h1-2,4-5,12-13,16H,3,6-11H2,(H,21,22). The van der Waals surface area contributed by atoms with E-state index in [1.807, 2.05) is 4.90 Å². The number of carbonyl (C=O) groups is 1. The molecule has 3 aromatic rings. The molecule has 28 heavy (non-hydrogen) atoms. The summed E-state index contributed by atoms with van der Waals surface area (Å²) in [6, 6.07) is 11.0. The van der Waals surface area contributed by atoms with Crippen molar-refractivity contribution in [3.05, 3.63) is 53.5 Å². The molecule has 0 bridgehead atoms. The lowest BCUT2D eigenvalue weighted by Gasteiger charge is -2.27. The van der Waals surface area contributed by atoms with E-state index in [4.69, 9.17) is 0 Å². The molecule has 0 unspecified atom stereocenters. The zero-order valence-electron chi connectivity index (χ0n) is 15.5. The van der Waals surface area contributed by atoms with Gasteiger partial charge in [0.1, 0.15) is 12.0 Å². The summed E-state index contributed by atoms with van der Waals surface area (Å²) in [6.45, 7) is 3.42. The number of hydrogen-bond acceptors (Lipinski definition) is 6. The summed E-state index contributed by atoms with van der Waals surface area (Å²) < 4.78 is 1.43. The third-order valence-corrected chi connectivity index (χ3v) is 5.74. The van der Waals surface area contributed by atoms with Crippen LogP contribution in [0.4, 0.5) is 0 Å². The number of hydrogen-bond donors (Lipinski definition) is 1. The molecule has 9 nitrogen and oxygen atoms in total. The van der Waals surface area contributed by atoms with E-state index < -0.39 is 0 Å². The number of H-pyrrole nitrogens is 1. The molecule has 1 N–H and O–H groups in total. The monoisotopic (exact) mass is 378 g/mol. The van der Waals surface area contributed by atoms with Crippen molar-refractivity contribution in [1.29, 1.82) is 0 Å². The Morgan fingerprint density at radius 3 is 2.64 bits per heavy atom. The van der Waals surface area contributed by atoms with Crippen LogP contribution >= 0.6 is 0 Å². The topological polar surface area (TPSA) is 95.8 Å². The molecular formula is C19H22N8O. The Morgan fingerprint density at radius 2 is 1.89 bits per heavy atom. The highest BCUT2D eigenvalue weighted by Crippen LogP contribution is 2.26. The first-order valence-electron chi connectivity index (χ1n) is 9.67. The third-order valence-electron chi connectivity index (χ3n) is 5.74. The van der Waals surface area contributed by atoms with Gasteiger partial charge in [0.05, 0.1) is 0 Å². The molecule has 0 saturated carbocycles. The molecule has 1 fully saturated rings. The zero-order chi connectivity index (χ0) is 18.9. The van der Waals surface area contributed by atoms with Gasteiger partial charge in [-0.05, 0) is 40.8 Å². The number of fused-ring (bicyclic) bond motifs is 1. The number of rotatable bonds is 3. The molecule has 0 radical (unpaired) electrons. The first-order valence-corrected chi connectivity index (χ1v) is 9.67. The Bertz CT molecular complexity index is 941. The molecule has 3 heterocycles. The summed E-state index contributed by atoms with van der Waals surface area (Å²) in [7, 11) is 0. The minimum atomic E-state index is -0.0246. The summed E-state index contributed by atoms with van der Waals surface area (Å²) >= 11 is 0. The lowest BCUT2D eigenvalue weighted by Crippen LogP contribution is -2.40. The van der Waals surface area contributed by atoms with Gasteiger partial charge in [0.2, 0.25) is 0 Å². The van der Waals surface area contributed by atoms with Crippen LogP contribution in [0.15, 0.2) is 36.7 Å². The van der Waals surface area contributed by atoms with Crippen LogP contribution in [0.2, 0.25) is 0 Å². The maximum Gasteiger partial charge on any atom is 0.271 e. The fourth-order valence-corrected chi connectivity index (χ4v) is 4.27. The van der Waals surface area contributed by atoms with Crippen LogP contribution in [0.3, 0.4) is 0 Å². The van der Waals surface area contributed by atoms with E-state index in [1.165, 1.54) is 22.1 Å². The number of carbonyl (C=O) groups excluding carboxylic acids is 1. The van der Waals surface area contributed by atoms with E-state index in [9.17, 15) is 4.79 Å². The van der Waals surface area contributed by atoms with Crippen LogP contribution in [0.25, 0.3) is 5.82 Å². The summed E-state index contributed by atoms with van der Waals surface area (Å²) in [5.41, 5.74) is 3.40. The predicted molar refractivity (Wildman–Crippen MR) is 101 cm³/mol. The quantitative estimate of drug-likeness (QED) is 0.721. The first kappa shape index (κ1) is 17.1. The van der Waals surface area contributed by atoms with Crippen molar-refractivity contribution >= 4 is 5.91 Å². The highest BCUT2D eigenvalue weighted by atomic mass is 16.2. The molecule has 9 heteroatoms. The van der Waals surface area contributed by atoms with Gasteiger partial charge < -0.3 is 4.90 Å². The molecule has 2 aliphatic rings. The Morgan fingerprint density at radius 1 is 1.07 bits per heavy atom. The summed E-state index contributed by atoms with van der Waals surface area (Å²) in [4.78, 5) is 17.4.